The van der Waals surface area contributed by atoms with E-state index >= 15 is 0 Å². The summed E-state index contributed by atoms with van der Waals surface area (Å²) in [6.07, 6.45) is 3.32. The molecule has 1 fully saturated rings. The van der Waals surface area contributed by atoms with Crippen molar-refractivity contribution in [3.63, 3.8) is 0 Å². The number of benzene rings is 1. The smallest absolute Gasteiger partial charge is 0.271 e. The molecule has 0 spiro atoms. The summed E-state index contributed by atoms with van der Waals surface area (Å²) in [5.41, 5.74) is 0.0194. The molecular formula is C20H26N4O6. The van der Waals surface area contributed by atoms with Crippen molar-refractivity contribution < 1.29 is 24.0 Å². The summed E-state index contributed by atoms with van der Waals surface area (Å²) in [5.74, 6) is -0.742. The second-order valence-electron chi connectivity index (χ2n) is 7.50. The minimum atomic E-state index is -0.564. The Balaban J connectivity index is 1.68. The van der Waals surface area contributed by atoms with E-state index in [-0.39, 0.29) is 42.3 Å². The van der Waals surface area contributed by atoms with Gasteiger partial charge in [0.05, 0.1) is 16.5 Å². The fraction of sp³-hybridized carbons (Fsp3) is 0.550. The van der Waals surface area contributed by atoms with Gasteiger partial charge in [0.1, 0.15) is 12.3 Å². The molecule has 2 heterocycles. The molecule has 3 rings (SSSR count). The molecule has 10 heteroatoms. The average Bonchev–Trinajstić information content (AvgIpc) is 2.75. The number of unbranched alkanes of at least 4 members (excludes halogenated alkanes) is 1. The molecule has 2 aliphatic rings. The number of nitro benzene ring substituents is 1. The SMILES string of the molecule is CCCCNC(=O)C1CCCN(C(=O)CN2C(=O)COc3ccc([N+](=O)[O-])cc32)C1. The third-order valence-electron chi connectivity index (χ3n) is 5.36. The predicted octanol–water partition coefficient (Wildman–Crippen LogP) is 1.48. The van der Waals surface area contributed by atoms with Crippen molar-refractivity contribution in [3.05, 3.63) is 28.3 Å². The molecule has 0 aromatic heterocycles. The van der Waals surface area contributed by atoms with Crippen LogP contribution in [0.5, 0.6) is 5.75 Å². The molecule has 0 aliphatic carbocycles. The predicted molar refractivity (Wildman–Crippen MR) is 108 cm³/mol. The monoisotopic (exact) mass is 418 g/mol. The van der Waals surface area contributed by atoms with Crippen LogP contribution in [0.25, 0.3) is 0 Å². The zero-order chi connectivity index (χ0) is 21.7. The Bertz CT molecular complexity index is 843. The molecule has 1 saturated heterocycles. The Hall–Kier alpha value is -3.17. The van der Waals surface area contributed by atoms with Gasteiger partial charge >= 0.3 is 0 Å². The number of ether oxygens (including phenoxy) is 1. The normalized spacial score (nSPS) is 18.4. The highest BCUT2D eigenvalue weighted by molar-refractivity contribution is 6.02. The van der Waals surface area contributed by atoms with Gasteiger partial charge in [0.15, 0.2) is 6.61 Å². The van der Waals surface area contributed by atoms with Crippen LogP contribution in [0.2, 0.25) is 0 Å². The average molecular weight is 418 g/mol. The number of hydrogen-bond donors (Lipinski definition) is 1. The number of nitrogens with one attached hydrogen (secondary N) is 1. The summed E-state index contributed by atoms with van der Waals surface area (Å²) in [6, 6.07) is 3.95. The van der Waals surface area contributed by atoms with Crippen LogP contribution in [0.4, 0.5) is 11.4 Å². The summed E-state index contributed by atoms with van der Waals surface area (Å²) >= 11 is 0. The Morgan fingerprint density at radius 2 is 2.17 bits per heavy atom. The topological polar surface area (TPSA) is 122 Å². The molecule has 0 saturated carbocycles. The zero-order valence-electron chi connectivity index (χ0n) is 17.0. The van der Waals surface area contributed by atoms with Crippen molar-refractivity contribution in [1.82, 2.24) is 10.2 Å². The molecule has 1 N–H and O–H groups in total. The third-order valence-corrected chi connectivity index (χ3v) is 5.36. The molecular weight excluding hydrogens is 392 g/mol. The van der Waals surface area contributed by atoms with Crippen LogP contribution in [-0.4, -0.2) is 60.3 Å². The van der Waals surface area contributed by atoms with Crippen molar-refractivity contribution in [3.8, 4) is 5.75 Å². The molecule has 1 aromatic carbocycles. The molecule has 0 radical (unpaired) electrons. The first-order valence-corrected chi connectivity index (χ1v) is 10.2. The number of carbonyl (C=O) groups is 3. The Kier molecular flexibility index (Phi) is 6.86. The van der Waals surface area contributed by atoms with Crippen LogP contribution in [-0.2, 0) is 14.4 Å². The standard InChI is InChI=1S/C20H26N4O6/c1-2-3-8-21-20(27)14-5-4-9-22(11-14)18(25)12-23-16-10-15(24(28)29)6-7-17(16)30-13-19(23)26/h6-7,10,14H,2-5,8-9,11-13H2,1H3,(H,21,27). The zero-order valence-corrected chi connectivity index (χ0v) is 17.0. The van der Waals surface area contributed by atoms with E-state index in [1.54, 1.807) is 4.90 Å². The van der Waals surface area contributed by atoms with E-state index in [1.807, 2.05) is 6.92 Å². The van der Waals surface area contributed by atoms with Gasteiger partial charge in [-0.25, -0.2) is 0 Å². The van der Waals surface area contributed by atoms with Crippen LogP contribution in [0.1, 0.15) is 32.6 Å². The minimum Gasteiger partial charge on any atom is -0.482 e. The summed E-state index contributed by atoms with van der Waals surface area (Å²) in [4.78, 5) is 51.0. The third kappa shape index (κ3) is 4.87. The highest BCUT2D eigenvalue weighted by Crippen LogP contribution is 2.35. The van der Waals surface area contributed by atoms with Gasteiger partial charge in [0.2, 0.25) is 11.8 Å². The molecule has 1 aromatic rings. The number of non-ortho nitro benzene ring substituents is 1. The van der Waals surface area contributed by atoms with Gasteiger partial charge in [0, 0.05) is 31.8 Å². The highest BCUT2D eigenvalue weighted by atomic mass is 16.6. The van der Waals surface area contributed by atoms with Crippen molar-refractivity contribution in [2.45, 2.75) is 32.6 Å². The highest BCUT2D eigenvalue weighted by Gasteiger charge is 2.33. The lowest BCUT2D eigenvalue weighted by molar-refractivity contribution is -0.384. The van der Waals surface area contributed by atoms with E-state index in [0.29, 0.717) is 38.2 Å². The van der Waals surface area contributed by atoms with E-state index in [1.165, 1.54) is 23.1 Å². The number of anilines is 1. The first-order chi connectivity index (χ1) is 14.4. The fourth-order valence-corrected chi connectivity index (χ4v) is 3.66. The van der Waals surface area contributed by atoms with Crippen LogP contribution in [0, 0.1) is 16.0 Å². The maximum atomic E-state index is 12.9. The van der Waals surface area contributed by atoms with Crippen molar-refractivity contribution in [1.29, 1.82) is 0 Å². The van der Waals surface area contributed by atoms with Crippen LogP contribution in [0.15, 0.2) is 18.2 Å². The molecule has 0 bridgehead atoms. The Morgan fingerprint density at radius 3 is 2.90 bits per heavy atom. The summed E-state index contributed by atoms with van der Waals surface area (Å²) < 4.78 is 5.33. The van der Waals surface area contributed by atoms with Gasteiger partial charge in [-0.3, -0.25) is 29.4 Å². The number of piperidine rings is 1. The number of fused-ring (bicyclic) bond motifs is 1. The molecule has 30 heavy (non-hydrogen) atoms. The second-order valence-corrected chi connectivity index (χ2v) is 7.50. The number of nitrogens with zero attached hydrogens (tertiary/aromatic N) is 3. The molecule has 10 nitrogen and oxygen atoms in total. The lowest BCUT2D eigenvalue weighted by Gasteiger charge is -2.35. The van der Waals surface area contributed by atoms with Crippen molar-refractivity contribution >= 4 is 29.1 Å². The van der Waals surface area contributed by atoms with Gasteiger partial charge in [-0.15, -0.1) is 0 Å². The largest absolute Gasteiger partial charge is 0.482 e. The van der Waals surface area contributed by atoms with E-state index < -0.39 is 10.8 Å². The number of nitro groups is 1. The maximum absolute atomic E-state index is 12.9. The molecule has 162 valence electrons. The van der Waals surface area contributed by atoms with Crippen molar-refractivity contribution in [2.24, 2.45) is 5.92 Å². The number of carbonyl (C=O) groups excluding carboxylic acids is 3. The molecule has 2 aliphatic heterocycles. The van der Waals surface area contributed by atoms with Crippen LogP contribution in [0.3, 0.4) is 0 Å². The van der Waals surface area contributed by atoms with Gasteiger partial charge in [0.25, 0.3) is 11.6 Å². The fourth-order valence-electron chi connectivity index (χ4n) is 3.66. The van der Waals surface area contributed by atoms with Crippen molar-refractivity contribution in [2.75, 3.05) is 37.7 Å². The van der Waals surface area contributed by atoms with Gasteiger partial charge < -0.3 is 15.0 Å². The number of amides is 3. The molecule has 3 amide bonds. The van der Waals surface area contributed by atoms with E-state index in [2.05, 4.69) is 5.32 Å². The molecule has 1 unspecified atom stereocenters. The van der Waals surface area contributed by atoms with Gasteiger partial charge in [-0.1, -0.05) is 13.3 Å². The van der Waals surface area contributed by atoms with E-state index in [9.17, 15) is 24.5 Å². The quantitative estimate of drug-likeness (QED) is 0.407. The minimum absolute atomic E-state index is 0.0515. The first-order valence-electron chi connectivity index (χ1n) is 10.2. The molecule has 1 atom stereocenters. The Labute approximate surface area is 174 Å². The van der Waals surface area contributed by atoms with Crippen LogP contribution >= 0.6 is 0 Å². The Morgan fingerprint density at radius 1 is 1.37 bits per heavy atom. The van der Waals surface area contributed by atoms with Gasteiger partial charge in [-0.05, 0) is 25.3 Å². The lowest BCUT2D eigenvalue weighted by atomic mass is 9.97. The number of rotatable bonds is 7. The maximum Gasteiger partial charge on any atom is 0.271 e. The summed E-state index contributed by atoms with van der Waals surface area (Å²) in [6.45, 7) is 3.00. The summed E-state index contributed by atoms with van der Waals surface area (Å²) in [5, 5.41) is 14.0. The number of hydrogen-bond acceptors (Lipinski definition) is 6. The van der Waals surface area contributed by atoms with E-state index in [0.717, 1.165) is 12.8 Å². The number of likely N-dealkylation sites (tertiary alicyclic amines) is 1. The second kappa shape index (κ2) is 9.55. The first kappa shape index (κ1) is 21.5. The lowest BCUT2D eigenvalue weighted by Crippen LogP contribution is -2.50. The van der Waals surface area contributed by atoms with Gasteiger partial charge in [-0.2, -0.15) is 0 Å². The summed E-state index contributed by atoms with van der Waals surface area (Å²) in [7, 11) is 0. The van der Waals surface area contributed by atoms with E-state index in [4.69, 9.17) is 4.74 Å². The van der Waals surface area contributed by atoms with Crippen LogP contribution < -0.4 is 15.0 Å².